The summed E-state index contributed by atoms with van der Waals surface area (Å²) >= 11 is 0. The van der Waals surface area contributed by atoms with Crippen LogP contribution in [0.4, 0.5) is 0 Å². The number of nitrogens with one attached hydrogen (secondary N) is 1. The maximum absolute atomic E-state index is 12.7. The largest absolute Gasteiger partial charge is 0.394 e. The Morgan fingerprint density at radius 2 is 1.56 bits per heavy atom. The number of carbonyl (C=O) groups is 3. The molecule has 1 fully saturated rings. The molecule has 1 unspecified atom stereocenters. The number of rotatable bonds is 16. The first-order valence-corrected chi connectivity index (χ1v) is 11.8. The van der Waals surface area contributed by atoms with Crippen LogP contribution in [-0.4, -0.2) is 93.2 Å². The summed E-state index contributed by atoms with van der Waals surface area (Å²) in [6.45, 7) is 4.28. The SMILES string of the molecule is O=C1CCC(N2Cc3cc(CCCOCCOCCOCCOCCO)ccc3C2=O)C(=O)N1. The predicted molar refractivity (Wildman–Crippen MR) is 121 cm³/mol. The second kappa shape index (κ2) is 14.1. The summed E-state index contributed by atoms with van der Waals surface area (Å²) in [5.74, 6) is -0.831. The van der Waals surface area contributed by atoms with Crippen molar-refractivity contribution < 1.29 is 38.4 Å². The van der Waals surface area contributed by atoms with E-state index in [4.69, 9.17) is 24.1 Å². The molecule has 0 spiro atoms. The fourth-order valence-electron chi connectivity index (χ4n) is 3.99. The van der Waals surface area contributed by atoms with E-state index in [9.17, 15) is 14.4 Å². The van der Waals surface area contributed by atoms with Crippen LogP contribution in [0.1, 0.15) is 40.7 Å². The van der Waals surface area contributed by atoms with Crippen LogP contribution >= 0.6 is 0 Å². The van der Waals surface area contributed by atoms with Gasteiger partial charge >= 0.3 is 0 Å². The molecule has 0 radical (unpaired) electrons. The number of nitrogens with zero attached hydrogens (tertiary/aromatic N) is 1. The van der Waals surface area contributed by atoms with E-state index in [0.717, 1.165) is 24.0 Å². The fourth-order valence-corrected chi connectivity index (χ4v) is 3.99. The quantitative estimate of drug-likeness (QED) is 0.259. The lowest BCUT2D eigenvalue weighted by Crippen LogP contribution is -2.52. The normalized spacial score (nSPS) is 17.9. The van der Waals surface area contributed by atoms with E-state index >= 15 is 0 Å². The van der Waals surface area contributed by atoms with Gasteiger partial charge in [0.1, 0.15) is 6.04 Å². The van der Waals surface area contributed by atoms with Gasteiger partial charge in [0, 0.05) is 25.1 Å². The molecule has 2 aliphatic heterocycles. The van der Waals surface area contributed by atoms with Crippen LogP contribution in [0, 0.1) is 0 Å². The molecular weight excluding hydrogens is 444 g/mol. The van der Waals surface area contributed by atoms with Gasteiger partial charge in [-0.1, -0.05) is 12.1 Å². The maximum atomic E-state index is 12.7. The zero-order chi connectivity index (χ0) is 24.2. The first-order chi connectivity index (χ1) is 16.6. The number of benzene rings is 1. The number of amides is 3. The highest BCUT2D eigenvalue weighted by molar-refractivity contribution is 6.05. The molecule has 1 aromatic rings. The molecule has 1 atom stereocenters. The van der Waals surface area contributed by atoms with Gasteiger partial charge < -0.3 is 29.0 Å². The average Bonchev–Trinajstić information content (AvgIpc) is 3.14. The molecular formula is C24H34N2O8. The van der Waals surface area contributed by atoms with Crippen molar-refractivity contribution in [1.82, 2.24) is 10.2 Å². The molecule has 3 amide bonds. The van der Waals surface area contributed by atoms with E-state index in [2.05, 4.69) is 5.32 Å². The van der Waals surface area contributed by atoms with Crippen molar-refractivity contribution in [2.45, 2.75) is 38.3 Å². The van der Waals surface area contributed by atoms with Gasteiger partial charge in [-0.25, -0.2) is 0 Å². The summed E-state index contributed by atoms with van der Waals surface area (Å²) in [6, 6.07) is 5.21. The Morgan fingerprint density at radius 3 is 2.21 bits per heavy atom. The van der Waals surface area contributed by atoms with Gasteiger partial charge in [-0.15, -0.1) is 0 Å². The third-order valence-corrected chi connectivity index (χ3v) is 5.69. The zero-order valence-electron chi connectivity index (χ0n) is 19.5. The molecule has 0 saturated carbocycles. The molecule has 3 rings (SSSR count). The fraction of sp³-hybridized carbons (Fsp3) is 0.625. The molecule has 2 aliphatic rings. The number of carbonyl (C=O) groups excluding carboxylic acids is 3. The number of imide groups is 1. The lowest BCUT2D eigenvalue weighted by molar-refractivity contribution is -0.136. The number of ether oxygens (including phenoxy) is 4. The molecule has 10 heteroatoms. The molecule has 0 bridgehead atoms. The van der Waals surface area contributed by atoms with E-state index in [1.807, 2.05) is 18.2 Å². The van der Waals surface area contributed by atoms with Crippen LogP contribution in [0.25, 0.3) is 0 Å². The second-order valence-corrected chi connectivity index (χ2v) is 8.17. The van der Waals surface area contributed by atoms with Crippen molar-refractivity contribution in [2.75, 3.05) is 59.5 Å². The van der Waals surface area contributed by atoms with Crippen molar-refractivity contribution in [1.29, 1.82) is 0 Å². The van der Waals surface area contributed by atoms with Crippen LogP contribution in [0.15, 0.2) is 18.2 Å². The first-order valence-electron chi connectivity index (χ1n) is 11.8. The van der Waals surface area contributed by atoms with Gasteiger partial charge in [0.25, 0.3) is 5.91 Å². The maximum Gasteiger partial charge on any atom is 0.255 e. The van der Waals surface area contributed by atoms with E-state index in [1.165, 1.54) is 0 Å². The Bertz CT molecular complexity index is 831. The molecule has 1 saturated heterocycles. The number of aryl methyl sites for hydroxylation is 1. The van der Waals surface area contributed by atoms with Crippen LogP contribution in [-0.2, 0) is 41.5 Å². The Morgan fingerprint density at radius 1 is 0.912 bits per heavy atom. The highest BCUT2D eigenvalue weighted by atomic mass is 16.6. The minimum absolute atomic E-state index is 0.0165. The van der Waals surface area contributed by atoms with Crippen molar-refractivity contribution in [3.05, 3.63) is 34.9 Å². The Balaban J connectivity index is 1.26. The molecule has 2 N–H and O–H groups in total. The topological polar surface area (TPSA) is 124 Å². The Labute approximate surface area is 199 Å². The van der Waals surface area contributed by atoms with Crippen LogP contribution in [0.2, 0.25) is 0 Å². The average molecular weight is 479 g/mol. The highest BCUT2D eigenvalue weighted by Gasteiger charge is 2.38. The molecule has 0 aromatic heterocycles. The summed E-state index contributed by atoms with van der Waals surface area (Å²) in [6.07, 6.45) is 2.29. The van der Waals surface area contributed by atoms with Crippen LogP contribution in [0.5, 0.6) is 0 Å². The van der Waals surface area contributed by atoms with E-state index in [0.29, 0.717) is 71.4 Å². The summed E-state index contributed by atoms with van der Waals surface area (Å²) in [4.78, 5) is 37.8. The minimum Gasteiger partial charge on any atom is -0.394 e. The molecule has 10 nitrogen and oxygen atoms in total. The third kappa shape index (κ3) is 7.85. The minimum atomic E-state index is -0.589. The standard InChI is InChI=1S/C24H34N2O8/c27-7-9-32-11-13-34-15-14-33-12-10-31-8-1-2-18-3-4-20-19(16-18)17-26(24(20)30)21-5-6-22(28)25-23(21)29/h3-4,16,21,27H,1-2,5-15,17H2,(H,25,28,29). The van der Waals surface area contributed by atoms with Gasteiger partial charge in [0.15, 0.2) is 0 Å². The van der Waals surface area contributed by atoms with E-state index in [-0.39, 0.29) is 24.8 Å². The van der Waals surface area contributed by atoms with Crippen molar-refractivity contribution in [2.24, 2.45) is 0 Å². The summed E-state index contributed by atoms with van der Waals surface area (Å²) in [7, 11) is 0. The van der Waals surface area contributed by atoms with E-state index < -0.39 is 11.9 Å². The molecule has 0 aliphatic carbocycles. The van der Waals surface area contributed by atoms with Gasteiger partial charge in [-0.05, 0) is 36.5 Å². The monoisotopic (exact) mass is 478 g/mol. The van der Waals surface area contributed by atoms with Gasteiger partial charge in [0.2, 0.25) is 11.8 Å². The van der Waals surface area contributed by atoms with Crippen molar-refractivity contribution in [3.8, 4) is 0 Å². The number of aliphatic hydroxyl groups excluding tert-OH is 1. The summed E-state index contributed by atoms with van der Waals surface area (Å²) < 4.78 is 21.5. The molecule has 1 aromatic carbocycles. The second-order valence-electron chi connectivity index (χ2n) is 8.17. The lowest BCUT2D eigenvalue weighted by Gasteiger charge is -2.29. The Kier molecular flexibility index (Phi) is 10.9. The summed E-state index contributed by atoms with van der Waals surface area (Å²) in [5.41, 5.74) is 2.67. The van der Waals surface area contributed by atoms with Crippen molar-refractivity contribution >= 4 is 17.7 Å². The summed E-state index contributed by atoms with van der Waals surface area (Å²) in [5, 5.41) is 10.9. The third-order valence-electron chi connectivity index (χ3n) is 5.69. The van der Waals surface area contributed by atoms with Crippen LogP contribution < -0.4 is 5.32 Å². The van der Waals surface area contributed by atoms with Gasteiger partial charge in [-0.2, -0.15) is 0 Å². The van der Waals surface area contributed by atoms with Gasteiger partial charge in [-0.3, -0.25) is 19.7 Å². The Hall–Kier alpha value is -2.37. The van der Waals surface area contributed by atoms with Gasteiger partial charge in [0.05, 0.1) is 52.9 Å². The van der Waals surface area contributed by atoms with Crippen LogP contribution in [0.3, 0.4) is 0 Å². The number of piperidine rings is 1. The predicted octanol–water partition coefficient (Wildman–Crippen LogP) is 0.439. The van der Waals surface area contributed by atoms with Crippen molar-refractivity contribution in [3.63, 3.8) is 0 Å². The first kappa shape index (κ1) is 26.2. The lowest BCUT2D eigenvalue weighted by atomic mass is 10.0. The van der Waals surface area contributed by atoms with E-state index in [1.54, 1.807) is 4.90 Å². The smallest absolute Gasteiger partial charge is 0.255 e. The zero-order valence-corrected chi connectivity index (χ0v) is 19.5. The molecule has 2 heterocycles. The molecule has 34 heavy (non-hydrogen) atoms. The number of aliphatic hydroxyl groups is 1. The molecule has 188 valence electrons. The number of hydrogen-bond acceptors (Lipinski definition) is 8. The highest BCUT2D eigenvalue weighted by Crippen LogP contribution is 2.28. The number of hydrogen-bond donors (Lipinski definition) is 2. The number of fused-ring (bicyclic) bond motifs is 1.